The minimum atomic E-state index is -0.575. The molecule has 0 saturated carbocycles. The summed E-state index contributed by atoms with van der Waals surface area (Å²) in [5, 5.41) is 4.57. The lowest BCUT2D eigenvalue weighted by Gasteiger charge is -2.11. The van der Waals surface area contributed by atoms with E-state index < -0.39 is 6.10 Å². The first kappa shape index (κ1) is 11.1. The SMILES string of the molecule is COC(CN)C(=O)NCc1cscn1. The molecule has 6 heteroatoms. The quantitative estimate of drug-likeness (QED) is 0.709. The molecule has 0 spiro atoms. The van der Waals surface area contributed by atoms with E-state index in [1.807, 2.05) is 5.38 Å². The van der Waals surface area contributed by atoms with E-state index in [0.29, 0.717) is 6.54 Å². The van der Waals surface area contributed by atoms with Crippen LogP contribution in [0, 0.1) is 0 Å². The zero-order valence-corrected chi connectivity index (χ0v) is 8.71. The van der Waals surface area contributed by atoms with Crippen LogP contribution in [0.4, 0.5) is 0 Å². The van der Waals surface area contributed by atoms with Gasteiger partial charge in [0.1, 0.15) is 6.10 Å². The van der Waals surface area contributed by atoms with Gasteiger partial charge in [-0.1, -0.05) is 0 Å². The summed E-state index contributed by atoms with van der Waals surface area (Å²) in [6, 6.07) is 0. The summed E-state index contributed by atoms with van der Waals surface area (Å²) in [6.07, 6.45) is -0.575. The number of nitrogens with two attached hydrogens (primary N) is 1. The van der Waals surface area contributed by atoms with Gasteiger partial charge in [0.05, 0.1) is 17.7 Å². The maximum absolute atomic E-state index is 11.4. The van der Waals surface area contributed by atoms with E-state index in [9.17, 15) is 4.79 Å². The molecule has 5 nitrogen and oxygen atoms in total. The van der Waals surface area contributed by atoms with E-state index >= 15 is 0 Å². The monoisotopic (exact) mass is 215 g/mol. The van der Waals surface area contributed by atoms with Crippen LogP contribution in [-0.4, -0.2) is 30.6 Å². The average molecular weight is 215 g/mol. The highest BCUT2D eigenvalue weighted by Gasteiger charge is 2.14. The van der Waals surface area contributed by atoms with Gasteiger partial charge in [-0.2, -0.15) is 0 Å². The van der Waals surface area contributed by atoms with Gasteiger partial charge in [0, 0.05) is 19.0 Å². The topological polar surface area (TPSA) is 77.2 Å². The van der Waals surface area contributed by atoms with Crippen LogP contribution in [0.2, 0.25) is 0 Å². The second-order valence-corrected chi connectivity index (χ2v) is 3.38. The van der Waals surface area contributed by atoms with E-state index in [1.54, 1.807) is 5.51 Å². The molecule has 14 heavy (non-hydrogen) atoms. The van der Waals surface area contributed by atoms with E-state index in [-0.39, 0.29) is 12.5 Å². The number of rotatable bonds is 5. The van der Waals surface area contributed by atoms with Crippen LogP contribution in [0.5, 0.6) is 0 Å². The summed E-state index contributed by atoms with van der Waals surface area (Å²) in [5.41, 5.74) is 7.90. The molecule has 0 bridgehead atoms. The van der Waals surface area contributed by atoms with Gasteiger partial charge < -0.3 is 15.8 Å². The third-order valence-corrected chi connectivity index (χ3v) is 2.35. The number of ether oxygens (including phenoxy) is 1. The van der Waals surface area contributed by atoms with Crippen LogP contribution in [0.15, 0.2) is 10.9 Å². The Morgan fingerprint density at radius 2 is 2.64 bits per heavy atom. The van der Waals surface area contributed by atoms with Crippen molar-refractivity contribution in [1.29, 1.82) is 0 Å². The molecular weight excluding hydrogens is 202 g/mol. The highest BCUT2D eigenvalue weighted by atomic mass is 32.1. The predicted molar refractivity (Wildman–Crippen MR) is 53.8 cm³/mol. The smallest absolute Gasteiger partial charge is 0.250 e. The van der Waals surface area contributed by atoms with Crippen LogP contribution in [-0.2, 0) is 16.1 Å². The summed E-state index contributed by atoms with van der Waals surface area (Å²) in [5.74, 6) is -0.206. The van der Waals surface area contributed by atoms with Crippen molar-refractivity contribution in [1.82, 2.24) is 10.3 Å². The molecule has 0 aromatic carbocycles. The Balaban J connectivity index is 2.34. The van der Waals surface area contributed by atoms with E-state index in [1.165, 1.54) is 18.4 Å². The molecule has 1 heterocycles. The molecule has 0 saturated heterocycles. The van der Waals surface area contributed by atoms with Gasteiger partial charge in [-0.05, 0) is 0 Å². The molecule has 1 rings (SSSR count). The lowest BCUT2D eigenvalue weighted by atomic mass is 10.3. The molecule has 0 radical (unpaired) electrons. The van der Waals surface area contributed by atoms with Crippen molar-refractivity contribution in [2.45, 2.75) is 12.6 Å². The Kier molecular flexibility index (Phi) is 4.51. The molecule has 1 aromatic rings. The lowest BCUT2D eigenvalue weighted by Crippen LogP contribution is -2.40. The Morgan fingerprint density at radius 3 is 3.14 bits per heavy atom. The maximum Gasteiger partial charge on any atom is 0.250 e. The summed E-state index contributed by atoms with van der Waals surface area (Å²) in [6.45, 7) is 0.599. The molecule has 0 aliphatic rings. The lowest BCUT2D eigenvalue weighted by molar-refractivity contribution is -0.130. The first-order valence-corrected chi connectivity index (χ1v) is 5.10. The molecule has 1 amide bonds. The fourth-order valence-corrected chi connectivity index (χ4v) is 1.49. The molecule has 78 valence electrons. The van der Waals surface area contributed by atoms with Gasteiger partial charge in [0.2, 0.25) is 0 Å². The highest BCUT2D eigenvalue weighted by molar-refractivity contribution is 7.07. The van der Waals surface area contributed by atoms with Crippen molar-refractivity contribution in [2.24, 2.45) is 5.73 Å². The number of hydrogen-bond acceptors (Lipinski definition) is 5. The van der Waals surface area contributed by atoms with E-state index in [0.717, 1.165) is 5.69 Å². The zero-order chi connectivity index (χ0) is 10.4. The molecule has 3 N–H and O–H groups in total. The van der Waals surface area contributed by atoms with Crippen LogP contribution < -0.4 is 11.1 Å². The summed E-state index contributed by atoms with van der Waals surface area (Å²) < 4.78 is 4.88. The van der Waals surface area contributed by atoms with Gasteiger partial charge >= 0.3 is 0 Å². The van der Waals surface area contributed by atoms with E-state index in [2.05, 4.69) is 10.3 Å². The first-order chi connectivity index (χ1) is 6.77. The fourth-order valence-electron chi connectivity index (χ4n) is 0.927. The Morgan fingerprint density at radius 1 is 1.86 bits per heavy atom. The number of thiazole rings is 1. The molecule has 0 aliphatic carbocycles. The number of hydrogen-bond donors (Lipinski definition) is 2. The third-order valence-electron chi connectivity index (χ3n) is 1.72. The highest BCUT2D eigenvalue weighted by Crippen LogP contribution is 2.00. The van der Waals surface area contributed by atoms with Crippen LogP contribution in [0.3, 0.4) is 0 Å². The maximum atomic E-state index is 11.4. The number of nitrogens with one attached hydrogen (secondary N) is 1. The second-order valence-electron chi connectivity index (χ2n) is 2.66. The second kappa shape index (κ2) is 5.69. The van der Waals surface area contributed by atoms with Gasteiger partial charge in [0.15, 0.2) is 0 Å². The molecule has 1 atom stereocenters. The summed E-state index contributed by atoms with van der Waals surface area (Å²) in [7, 11) is 1.46. The number of aromatic nitrogens is 1. The number of methoxy groups -OCH3 is 1. The minimum absolute atomic E-state index is 0.180. The zero-order valence-electron chi connectivity index (χ0n) is 7.90. The fraction of sp³-hybridized carbons (Fsp3) is 0.500. The van der Waals surface area contributed by atoms with Crippen molar-refractivity contribution in [3.05, 3.63) is 16.6 Å². The molecular formula is C8H13N3O2S. The number of carbonyl (C=O) groups is 1. The molecule has 1 unspecified atom stereocenters. The van der Waals surface area contributed by atoms with Crippen molar-refractivity contribution in [3.63, 3.8) is 0 Å². The van der Waals surface area contributed by atoms with E-state index in [4.69, 9.17) is 10.5 Å². The van der Waals surface area contributed by atoms with Crippen molar-refractivity contribution >= 4 is 17.2 Å². The summed E-state index contributed by atoms with van der Waals surface area (Å²) in [4.78, 5) is 15.4. The van der Waals surface area contributed by atoms with Crippen molar-refractivity contribution < 1.29 is 9.53 Å². The molecule has 0 aliphatic heterocycles. The van der Waals surface area contributed by atoms with Crippen LogP contribution in [0.1, 0.15) is 5.69 Å². The molecule has 0 fully saturated rings. The van der Waals surface area contributed by atoms with Gasteiger partial charge in [-0.15, -0.1) is 11.3 Å². The number of carbonyl (C=O) groups excluding carboxylic acids is 1. The van der Waals surface area contributed by atoms with Crippen LogP contribution >= 0.6 is 11.3 Å². The average Bonchev–Trinajstić information content (AvgIpc) is 2.69. The predicted octanol–water partition coefficient (Wildman–Crippen LogP) is -0.267. The Hall–Kier alpha value is -0.980. The number of nitrogens with zero attached hydrogens (tertiary/aromatic N) is 1. The van der Waals surface area contributed by atoms with Gasteiger partial charge in [-0.3, -0.25) is 4.79 Å². The standard InChI is InChI=1S/C8H13N3O2S/c1-13-7(2-9)8(12)10-3-6-4-14-5-11-6/h4-5,7H,2-3,9H2,1H3,(H,10,12). The summed E-state index contributed by atoms with van der Waals surface area (Å²) >= 11 is 1.49. The third kappa shape index (κ3) is 3.06. The first-order valence-electron chi connectivity index (χ1n) is 4.15. The Labute approximate surface area is 86.3 Å². The van der Waals surface area contributed by atoms with Crippen molar-refractivity contribution in [2.75, 3.05) is 13.7 Å². The Bertz CT molecular complexity index is 272. The minimum Gasteiger partial charge on any atom is -0.370 e. The molecule has 1 aromatic heterocycles. The normalized spacial score (nSPS) is 12.4. The number of amides is 1. The van der Waals surface area contributed by atoms with Gasteiger partial charge in [0.25, 0.3) is 5.91 Å². The van der Waals surface area contributed by atoms with Gasteiger partial charge in [-0.25, -0.2) is 4.98 Å². The van der Waals surface area contributed by atoms with Crippen LogP contribution in [0.25, 0.3) is 0 Å². The largest absolute Gasteiger partial charge is 0.370 e. The van der Waals surface area contributed by atoms with Crippen molar-refractivity contribution in [3.8, 4) is 0 Å².